The van der Waals surface area contributed by atoms with Gasteiger partial charge in [0.15, 0.2) is 0 Å². The van der Waals surface area contributed by atoms with Crippen molar-refractivity contribution >= 4 is 0 Å². The van der Waals surface area contributed by atoms with Crippen LogP contribution in [0.15, 0.2) is 0 Å². The molecule has 106 valence electrons. The van der Waals surface area contributed by atoms with E-state index in [-0.39, 0.29) is 19.4 Å². The van der Waals surface area contributed by atoms with Crippen LogP contribution < -0.4 is 11.5 Å². The lowest BCUT2D eigenvalue weighted by Gasteiger charge is -2.49. The van der Waals surface area contributed by atoms with E-state index in [1.165, 1.54) is 0 Å². The molecule has 0 unspecified atom stereocenters. The Morgan fingerprint density at radius 3 is 2.39 bits per heavy atom. The fourth-order valence-corrected chi connectivity index (χ4v) is 2.89. The Kier molecular flexibility index (Phi) is 3.93. The number of aliphatic hydroxyl groups excluding tert-OH is 4. The zero-order valence-corrected chi connectivity index (χ0v) is 10.1. The molecule has 1 saturated heterocycles. The van der Waals surface area contributed by atoms with Crippen LogP contribution in [-0.4, -0.2) is 69.1 Å². The first kappa shape index (κ1) is 14.1. The SMILES string of the molecule is N[C@@H]1C[C@H](N)[C@@]2(CC[C@H](O)[C@H](O)CO2)[C@H](O)[C@H]1O. The van der Waals surface area contributed by atoms with Gasteiger partial charge in [0.1, 0.15) is 17.8 Å². The molecule has 18 heavy (non-hydrogen) atoms. The summed E-state index contributed by atoms with van der Waals surface area (Å²) in [6.07, 6.45) is -3.38. The van der Waals surface area contributed by atoms with Crippen molar-refractivity contribution in [2.24, 2.45) is 11.5 Å². The van der Waals surface area contributed by atoms with Crippen LogP contribution in [0.4, 0.5) is 0 Å². The van der Waals surface area contributed by atoms with Crippen molar-refractivity contribution in [1.82, 2.24) is 0 Å². The van der Waals surface area contributed by atoms with E-state index in [2.05, 4.69) is 0 Å². The topological polar surface area (TPSA) is 142 Å². The monoisotopic (exact) mass is 262 g/mol. The lowest BCUT2D eigenvalue weighted by atomic mass is 9.72. The smallest absolute Gasteiger partial charge is 0.112 e. The molecule has 0 amide bonds. The molecule has 1 aliphatic heterocycles. The van der Waals surface area contributed by atoms with Gasteiger partial charge >= 0.3 is 0 Å². The van der Waals surface area contributed by atoms with E-state index < -0.39 is 42.1 Å². The number of aliphatic hydroxyl groups is 4. The summed E-state index contributed by atoms with van der Waals surface area (Å²) in [7, 11) is 0. The van der Waals surface area contributed by atoms with Crippen LogP contribution >= 0.6 is 0 Å². The highest BCUT2D eigenvalue weighted by Crippen LogP contribution is 2.37. The van der Waals surface area contributed by atoms with Crippen molar-refractivity contribution in [3.05, 3.63) is 0 Å². The molecule has 1 heterocycles. The molecule has 2 aliphatic rings. The van der Waals surface area contributed by atoms with Gasteiger partial charge in [-0.15, -0.1) is 0 Å². The molecule has 0 aromatic rings. The van der Waals surface area contributed by atoms with Crippen molar-refractivity contribution in [1.29, 1.82) is 0 Å². The molecule has 1 spiro atoms. The fourth-order valence-electron chi connectivity index (χ4n) is 2.89. The molecule has 7 nitrogen and oxygen atoms in total. The van der Waals surface area contributed by atoms with Gasteiger partial charge in [-0.3, -0.25) is 0 Å². The summed E-state index contributed by atoms with van der Waals surface area (Å²) < 4.78 is 5.56. The van der Waals surface area contributed by atoms with Crippen molar-refractivity contribution in [2.75, 3.05) is 6.61 Å². The maximum atomic E-state index is 10.2. The number of ether oxygens (including phenoxy) is 1. The van der Waals surface area contributed by atoms with Gasteiger partial charge in [-0.05, 0) is 19.3 Å². The molecule has 2 fully saturated rings. The number of hydrogen-bond donors (Lipinski definition) is 6. The first-order valence-electron chi connectivity index (χ1n) is 6.26. The van der Waals surface area contributed by atoms with Gasteiger partial charge < -0.3 is 36.6 Å². The molecule has 8 N–H and O–H groups in total. The maximum absolute atomic E-state index is 10.2. The third-order valence-corrected chi connectivity index (χ3v) is 4.21. The largest absolute Gasteiger partial charge is 0.390 e. The normalized spacial score (nSPS) is 54.3. The van der Waals surface area contributed by atoms with Gasteiger partial charge in [0, 0.05) is 12.1 Å². The average Bonchev–Trinajstić information content (AvgIpc) is 2.48. The molecule has 7 heteroatoms. The van der Waals surface area contributed by atoms with E-state index in [0.717, 1.165) is 0 Å². The summed E-state index contributed by atoms with van der Waals surface area (Å²) in [4.78, 5) is 0. The Labute approximate surface area is 105 Å². The van der Waals surface area contributed by atoms with E-state index in [0.29, 0.717) is 6.42 Å². The third-order valence-electron chi connectivity index (χ3n) is 4.21. The Bertz CT molecular complexity index is 291. The second-order valence-corrected chi connectivity index (χ2v) is 5.38. The van der Waals surface area contributed by atoms with Gasteiger partial charge in [0.2, 0.25) is 0 Å². The van der Waals surface area contributed by atoms with Gasteiger partial charge in [0.05, 0.1) is 18.8 Å². The second-order valence-electron chi connectivity index (χ2n) is 5.38. The first-order chi connectivity index (χ1) is 8.38. The molecule has 1 saturated carbocycles. The molecule has 1 aliphatic carbocycles. The predicted octanol–water partition coefficient (Wildman–Crippen LogP) is -2.96. The van der Waals surface area contributed by atoms with Crippen molar-refractivity contribution in [3.63, 3.8) is 0 Å². The van der Waals surface area contributed by atoms with Gasteiger partial charge in [-0.2, -0.15) is 0 Å². The quantitative estimate of drug-likeness (QED) is 0.274. The number of rotatable bonds is 0. The zero-order chi connectivity index (χ0) is 13.5. The van der Waals surface area contributed by atoms with E-state index >= 15 is 0 Å². The second kappa shape index (κ2) is 5.01. The highest BCUT2D eigenvalue weighted by molar-refractivity contribution is 5.09. The standard InChI is InChI=1S/C11H22N2O5/c12-5-3-8(13)11(10(17)9(5)16)2-1-6(14)7(15)4-18-11/h5-10,14-17H,1-4,12-13H2/t5-,6+,7-,8+,9+,10-,11+/m1/s1. The summed E-state index contributed by atoms with van der Waals surface area (Å²) >= 11 is 0. The maximum Gasteiger partial charge on any atom is 0.112 e. The third kappa shape index (κ3) is 2.16. The molecule has 0 aromatic heterocycles. The Morgan fingerprint density at radius 2 is 1.72 bits per heavy atom. The molecule has 0 radical (unpaired) electrons. The summed E-state index contributed by atoms with van der Waals surface area (Å²) in [5.74, 6) is 0. The van der Waals surface area contributed by atoms with E-state index in [9.17, 15) is 20.4 Å². The lowest BCUT2D eigenvalue weighted by molar-refractivity contribution is -0.199. The van der Waals surface area contributed by atoms with Crippen LogP contribution in [0.3, 0.4) is 0 Å². The lowest BCUT2D eigenvalue weighted by Crippen LogP contribution is -2.69. The van der Waals surface area contributed by atoms with Crippen LogP contribution in [0.25, 0.3) is 0 Å². The summed E-state index contributed by atoms with van der Waals surface area (Å²) in [5.41, 5.74) is 10.6. The van der Waals surface area contributed by atoms with Crippen molar-refractivity contribution in [2.45, 2.75) is 61.4 Å². The van der Waals surface area contributed by atoms with E-state index in [1.54, 1.807) is 0 Å². The van der Waals surface area contributed by atoms with Crippen molar-refractivity contribution < 1.29 is 25.2 Å². The zero-order valence-electron chi connectivity index (χ0n) is 10.1. The van der Waals surface area contributed by atoms with E-state index in [1.807, 2.05) is 0 Å². The first-order valence-corrected chi connectivity index (χ1v) is 6.26. The fraction of sp³-hybridized carbons (Fsp3) is 1.00. The Morgan fingerprint density at radius 1 is 1.06 bits per heavy atom. The van der Waals surface area contributed by atoms with Gasteiger partial charge in [-0.25, -0.2) is 0 Å². The summed E-state index contributed by atoms with van der Waals surface area (Å²) in [5, 5.41) is 39.3. The minimum Gasteiger partial charge on any atom is -0.390 e. The summed E-state index contributed by atoms with van der Waals surface area (Å²) in [6, 6.07) is -1.13. The Hall–Kier alpha value is -0.280. The minimum absolute atomic E-state index is 0.117. The minimum atomic E-state index is -1.21. The predicted molar refractivity (Wildman–Crippen MR) is 62.5 cm³/mol. The van der Waals surface area contributed by atoms with Crippen LogP contribution in [0.5, 0.6) is 0 Å². The molecule has 0 aromatic carbocycles. The number of nitrogens with two attached hydrogens (primary N) is 2. The highest BCUT2D eigenvalue weighted by Gasteiger charge is 2.54. The molecule has 2 rings (SSSR count). The molecular formula is C11H22N2O5. The number of hydrogen-bond acceptors (Lipinski definition) is 7. The van der Waals surface area contributed by atoms with Crippen LogP contribution in [0, 0.1) is 0 Å². The van der Waals surface area contributed by atoms with Gasteiger partial charge in [-0.1, -0.05) is 0 Å². The molecular weight excluding hydrogens is 240 g/mol. The molecule has 0 bridgehead atoms. The van der Waals surface area contributed by atoms with Crippen LogP contribution in [-0.2, 0) is 4.74 Å². The average molecular weight is 262 g/mol. The van der Waals surface area contributed by atoms with Crippen LogP contribution in [0.2, 0.25) is 0 Å². The highest BCUT2D eigenvalue weighted by atomic mass is 16.5. The van der Waals surface area contributed by atoms with E-state index in [4.69, 9.17) is 16.2 Å². The van der Waals surface area contributed by atoms with Crippen LogP contribution in [0.1, 0.15) is 19.3 Å². The Balaban J connectivity index is 2.22. The van der Waals surface area contributed by atoms with Gasteiger partial charge in [0.25, 0.3) is 0 Å². The van der Waals surface area contributed by atoms with Crippen molar-refractivity contribution in [3.8, 4) is 0 Å². The summed E-state index contributed by atoms with van der Waals surface area (Å²) in [6.45, 7) is -0.117. The molecule has 7 atom stereocenters.